The average Bonchev–Trinajstić information content (AvgIpc) is 3.53. The number of fused-ring (bicyclic) bond motifs is 2. The van der Waals surface area contributed by atoms with E-state index in [2.05, 4.69) is 50.4 Å². The van der Waals surface area contributed by atoms with Gasteiger partial charge in [-0.1, -0.05) is 59.3 Å². The summed E-state index contributed by atoms with van der Waals surface area (Å²) in [6.45, 7) is 8.87. The molecule has 5 N–H and O–H groups in total. The van der Waals surface area contributed by atoms with E-state index in [1.54, 1.807) is 19.1 Å². The molecule has 0 aromatic rings. The lowest BCUT2D eigenvalue weighted by molar-refractivity contribution is -0.193. The van der Waals surface area contributed by atoms with Crippen molar-refractivity contribution in [3.8, 4) is 0 Å². The molecule has 0 spiro atoms. The Morgan fingerprint density at radius 3 is 2.33 bits per heavy atom. The fraction of sp³-hybridized carbons (Fsp3) is 0.953. The highest BCUT2D eigenvalue weighted by atomic mass is 16.7. The van der Waals surface area contributed by atoms with Crippen LogP contribution in [0.1, 0.15) is 118 Å². The number of carbonyl (C=O) groups is 2. The number of aliphatic hydroxyl groups excluding tert-OH is 3. The van der Waals surface area contributed by atoms with Gasteiger partial charge in [-0.25, -0.2) is 0 Å². The molecule has 11 nitrogen and oxygen atoms in total. The zero-order valence-corrected chi connectivity index (χ0v) is 34.6. The van der Waals surface area contributed by atoms with Crippen molar-refractivity contribution in [2.24, 2.45) is 58.7 Å². The van der Waals surface area contributed by atoms with E-state index in [9.17, 15) is 24.9 Å². The molecule has 0 aromatic heterocycles. The number of hydrogen-bond acceptors (Lipinski definition) is 9. The lowest BCUT2D eigenvalue weighted by Crippen LogP contribution is -2.62. The highest BCUT2D eigenvalue weighted by Gasteiger charge is 2.58. The van der Waals surface area contributed by atoms with Crippen molar-refractivity contribution in [1.29, 1.82) is 0 Å². The molecule has 7 rings (SSSR count). The van der Waals surface area contributed by atoms with Crippen LogP contribution in [0.15, 0.2) is 0 Å². The van der Waals surface area contributed by atoms with Crippen molar-refractivity contribution in [2.75, 3.05) is 41.0 Å². The van der Waals surface area contributed by atoms with E-state index in [0.29, 0.717) is 35.6 Å². The minimum Gasteiger partial charge on any atom is -0.394 e. The fourth-order valence-electron chi connectivity index (χ4n) is 12.7. The highest BCUT2D eigenvalue weighted by Crippen LogP contribution is 2.61. The number of hydroxylamine groups is 2. The molecule has 6 saturated carbocycles. The molecule has 2 bridgehead atoms. The van der Waals surface area contributed by atoms with Crippen molar-refractivity contribution in [3.05, 3.63) is 0 Å². The maximum atomic E-state index is 14.3. The molecular formula is C43H76N4O7. The van der Waals surface area contributed by atoms with E-state index in [0.717, 1.165) is 51.4 Å². The van der Waals surface area contributed by atoms with Crippen LogP contribution in [0.4, 0.5) is 0 Å². The summed E-state index contributed by atoms with van der Waals surface area (Å²) in [4.78, 5) is 36.9. The first kappa shape index (κ1) is 42.3. The van der Waals surface area contributed by atoms with Gasteiger partial charge in [-0.05, 0) is 113 Å². The number of amides is 2. The topological polar surface area (TPSA) is 144 Å². The Hall–Kier alpha value is -1.34. The molecular weight excluding hydrogens is 684 g/mol. The van der Waals surface area contributed by atoms with Crippen molar-refractivity contribution in [3.63, 3.8) is 0 Å². The van der Waals surface area contributed by atoms with Crippen LogP contribution in [0.3, 0.4) is 0 Å². The van der Waals surface area contributed by atoms with E-state index >= 15 is 0 Å². The maximum Gasteiger partial charge on any atom is 0.240 e. The van der Waals surface area contributed by atoms with Crippen LogP contribution in [0.25, 0.3) is 0 Å². The van der Waals surface area contributed by atoms with Gasteiger partial charge < -0.3 is 35.6 Å². The number of ether oxygens (including phenoxy) is 1. The van der Waals surface area contributed by atoms with Gasteiger partial charge in [-0.15, -0.1) is 0 Å². The molecule has 6 unspecified atom stereocenters. The van der Waals surface area contributed by atoms with Crippen LogP contribution >= 0.6 is 0 Å². The smallest absolute Gasteiger partial charge is 0.240 e. The standard InChI is InChI=1S/C43H76N4O7/c1-25-35-20-31(43(35,3)4)21-36(25)45-42(52)39-38(26(2)50)37(24-49)54-47(39)22-28-14-11-15-34(40(28)53-7)29-17-30(19-33(18-29)46(5)6)41(51)44-32(23-48)16-27-12-9-8-10-13-27/h25-40,48-50H,8-24H2,1-7H3,(H,44,51)(H,45,52)/t25-,26-,28?,29?,30?,31+,32+,33?,34?,35-,36-,37-,38+,39-,40?/m0/s1. The Bertz CT molecular complexity index is 1240. The Morgan fingerprint density at radius 2 is 1.72 bits per heavy atom. The van der Waals surface area contributed by atoms with Gasteiger partial charge >= 0.3 is 0 Å². The molecule has 54 heavy (non-hydrogen) atoms. The van der Waals surface area contributed by atoms with Crippen molar-refractivity contribution >= 4 is 11.8 Å². The van der Waals surface area contributed by atoms with Crippen LogP contribution in [-0.4, -0.2) is 121 Å². The average molecular weight is 761 g/mol. The van der Waals surface area contributed by atoms with Crippen LogP contribution in [-0.2, 0) is 19.2 Å². The quantitative estimate of drug-likeness (QED) is 0.175. The Morgan fingerprint density at radius 1 is 0.981 bits per heavy atom. The minimum atomic E-state index is -0.835. The summed E-state index contributed by atoms with van der Waals surface area (Å²) in [6.07, 6.45) is 13.2. The third kappa shape index (κ3) is 8.87. The SMILES string of the molecule is COC1C(CN2O[C@@H](CO)[C@@H]([C@H](C)O)[C@H]2C(=O)N[C@H]2C[C@H]3C[C@@H]([C@@H]2C)C3(C)C)CCCC1C1CC(C(=O)N[C@@H](CO)CC2CCCCC2)CC(N(C)C)C1. The second-order valence-corrected chi connectivity index (χ2v) is 19.7. The summed E-state index contributed by atoms with van der Waals surface area (Å²) in [5.74, 6) is 2.05. The predicted octanol–water partition coefficient (Wildman–Crippen LogP) is 4.37. The molecule has 310 valence electrons. The second kappa shape index (κ2) is 18.1. The van der Waals surface area contributed by atoms with Crippen LogP contribution < -0.4 is 10.6 Å². The van der Waals surface area contributed by atoms with E-state index < -0.39 is 24.2 Å². The van der Waals surface area contributed by atoms with Gasteiger partial charge in [-0.3, -0.25) is 14.4 Å². The summed E-state index contributed by atoms with van der Waals surface area (Å²) in [6, 6.07) is -0.547. The van der Waals surface area contributed by atoms with E-state index in [1.807, 2.05) is 0 Å². The molecule has 1 heterocycles. The molecule has 7 fully saturated rings. The molecule has 1 saturated heterocycles. The highest BCUT2D eigenvalue weighted by molar-refractivity contribution is 5.83. The van der Waals surface area contributed by atoms with Crippen LogP contribution in [0, 0.1) is 58.7 Å². The summed E-state index contributed by atoms with van der Waals surface area (Å²) in [5, 5.41) is 40.2. The van der Waals surface area contributed by atoms with E-state index in [4.69, 9.17) is 9.57 Å². The Balaban J connectivity index is 1.15. The number of carbonyl (C=O) groups excluding carboxylic acids is 2. The summed E-state index contributed by atoms with van der Waals surface area (Å²) in [5.41, 5.74) is 0.311. The number of rotatable bonds is 14. The molecule has 11 heteroatoms. The Labute approximate surface area is 326 Å². The number of aliphatic hydroxyl groups is 3. The van der Waals surface area contributed by atoms with E-state index in [-0.39, 0.29) is 72.9 Å². The van der Waals surface area contributed by atoms with Gasteiger partial charge in [0, 0.05) is 43.5 Å². The summed E-state index contributed by atoms with van der Waals surface area (Å²) < 4.78 is 6.40. The molecule has 0 radical (unpaired) electrons. The van der Waals surface area contributed by atoms with Crippen molar-refractivity contribution in [1.82, 2.24) is 20.6 Å². The fourth-order valence-corrected chi connectivity index (χ4v) is 12.7. The maximum absolute atomic E-state index is 14.3. The van der Waals surface area contributed by atoms with Gasteiger partial charge in [0.25, 0.3) is 0 Å². The third-order valence-corrected chi connectivity index (χ3v) is 16.1. The first-order chi connectivity index (χ1) is 25.8. The normalized spacial score (nSPS) is 41.2. The lowest BCUT2D eigenvalue weighted by Gasteiger charge is -2.62. The van der Waals surface area contributed by atoms with E-state index in [1.165, 1.54) is 38.5 Å². The van der Waals surface area contributed by atoms with Crippen LogP contribution in [0.2, 0.25) is 0 Å². The molecule has 6 aliphatic carbocycles. The van der Waals surface area contributed by atoms with Crippen LogP contribution in [0.5, 0.6) is 0 Å². The van der Waals surface area contributed by atoms with Gasteiger partial charge in [0.05, 0.1) is 31.5 Å². The van der Waals surface area contributed by atoms with Gasteiger partial charge in [-0.2, -0.15) is 5.06 Å². The summed E-state index contributed by atoms with van der Waals surface area (Å²) >= 11 is 0. The van der Waals surface area contributed by atoms with Gasteiger partial charge in [0.2, 0.25) is 11.8 Å². The second-order valence-electron chi connectivity index (χ2n) is 19.7. The molecule has 15 atom stereocenters. The number of methoxy groups -OCH3 is 1. The molecule has 7 aliphatic rings. The zero-order chi connectivity index (χ0) is 38.9. The molecule has 1 aliphatic heterocycles. The van der Waals surface area contributed by atoms with Crippen molar-refractivity contribution in [2.45, 2.75) is 160 Å². The Kier molecular flexibility index (Phi) is 14.1. The van der Waals surface area contributed by atoms with Gasteiger partial charge in [0.15, 0.2) is 0 Å². The van der Waals surface area contributed by atoms with Crippen molar-refractivity contribution < 1.29 is 34.5 Å². The predicted molar refractivity (Wildman–Crippen MR) is 209 cm³/mol. The largest absolute Gasteiger partial charge is 0.394 e. The summed E-state index contributed by atoms with van der Waals surface area (Å²) in [7, 11) is 6.03. The minimum absolute atomic E-state index is 0.0188. The number of nitrogens with zero attached hydrogens (tertiary/aromatic N) is 2. The van der Waals surface area contributed by atoms with Gasteiger partial charge in [0.1, 0.15) is 12.1 Å². The first-order valence-electron chi connectivity index (χ1n) is 21.9. The zero-order valence-electron chi connectivity index (χ0n) is 34.6. The first-order valence-corrected chi connectivity index (χ1v) is 21.9. The lowest BCUT2D eigenvalue weighted by atomic mass is 9.45. The number of nitrogens with one attached hydrogen (secondary N) is 2. The molecule has 0 aromatic carbocycles. The monoisotopic (exact) mass is 761 g/mol. The molecule has 2 amide bonds. The third-order valence-electron chi connectivity index (χ3n) is 16.1. The number of hydrogen-bond donors (Lipinski definition) is 5.